The van der Waals surface area contributed by atoms with Crippen molar-refractivity contribution in [2.75, 3.05) is 19.6 Å². The van der Waals surface area contributed by atoms with Gasteiger partial charge in [-0.15, -0.1) is 12.4 Å². The van der Waals surface area contributed by atoms with E-state index in [0.29, 0.717) is 6.54 Å². The van der Waals surface area contributed by atoms with E-state index in [1.807, 2.05) is 11.0 Å². The number of carbonyl (C=O) groups excluding carboxylic acids is 1. The SMILES string of the molecule is CC1(CN)CCN(C(=O)C2(c3cccc(F)c3)CCC2)C1.Cl. The Labute approximate surface area is 137 Å². The summed E-state index contributed by atoms with van der Waals surface area (Å²) in [5, 5.41) is 0. The van der Waals surface area contributed by atoms with Crippen LogP contribution in [0.1, 0.15) is 38.2 Å². The molecule has 1 aromatic carbocycles. The normalized spacial score (nSPS) is 26.2. The molecule has 2 fully saturated rings. The first-order valence-corrected chi connectivity index (χ1v) is 7.75. The second-order valence-electron chi connectivity index (χ2n) is 6.94. The molecule has 1 aromatic rings. The Bertz CT molecular complexity index is 561. The van der Waals surface area contributed by atoms with E-state index in [1.54, 1.807) is 6.07 Å². The van der Waals surface area contributed by atoms with Gasteiger partial charge in [0.25, 0.3) is 0 Å². The van der Waals surface area contributed by atoms with Crippen LogP contribution in [0.15, 0.2) is 24.3 Å². The molecule has 1 unspecified atom stereocenters. The van der Waals surface area contributed by atoms with Crippen molar-refractivity contribution in [2.24, 2.45) is 11.1 Å². The van der Waals surface area contributed by atoms with E-state index < -0.39 is 5.41 Å². The van der Waals surface area contributed by atoms with Gasteiger partial charge in [-0.3, -0.25) is 4.79 Å². The van der Waals surface area contributed by atoms with Gasteiger partial charge < -0.3 is 10.6 Å². The average Bonchev–Trinajstić information content (AvgIpc) is 2.81. The molecule has 2 aliphatic rings. The number of nitrogens with two attached hydrogens (primary N) is 1. The molecule has 1 saturated carbocycles. The van der Waals surface area contributed by atoms with Crippen molar-refractivity contribution in [1.82, 2.24) is 4.90 Å². The van der Waals surface area contributed by atoms with Gasteiger partial charge in [0, 0.05) is 13.1 Å². The Morgan fingerprint density at radius 3 is 2.59 bits per heavy atom. The number of hydrogen-bond donors (Lipinski definition) is 1. The molecule has 3 rings (SSSR count). The maximum atomic E-state index is 13.5. The fourth-order valence-corrected chi connectivity index (χ4v) is 3.61. The van der Waals surface area contributed by atoms with Crippen LogP contribution in [0.3, 0.4) is 0 Å². The van der Waals surface area contributed by atoms with Crippen molar-refractivity contribution in [2.45, 2.75) is 38.0 Å². The number of halogens is 2. The molecule has 0 bridgehead atoms. The van der Waals surface area contributed by atoms with E-state index in [-0.39, 0.29) is 29.5 Å². The highest BCUT2D eigenvalue weighted by molar-refractivity contribution is 5.89. The van der Waals surface area contributed by atoms with Crippen molar-refractivity contribution in [3.8, 4) is 0 Å². The molecule has 3 nitrogen and oxygen atoms in total. The Kier molecular flexibility index (Phi) is 4.83. The van der Waals surface area contributed by atoms with E-state index >= 15 is 0 Å². The first-order chi connectivity index (χ1) is 9.99. The lowest BCUT2D eigenvalue weighted by molar-refractivity contribution is -0.140. The summed E-state index contributed by atoms with van der Waals surface area (Å²) in [5.74, 6) is -0.101. The lowest BCUT2D eigenvalue weighted by Crippen LogP contribution is -2.51. The smallest absolute Gasteiger partial charge is 0.233 e. The van der Waals surface area contributed by atoms with Crippen LogP contribution >= 0.6 is 12.4 Å². The topological polar surface area (TPSA) is 46.3 Å². The summed E-state index contributed by atoms with van der Waals surface area (Å²) < 4.78 is 13.5. The maximum absolute atomic E-state index is 13.5. The minimum Gasteiger partial charge on any atom is -0.341 e. The van der Waals surface area contributed by atoms with Gasteiger partial charge in [0.15, 0.2) is 0 Å². The van der Waals surface area contributed by atoms with Gasteiger partial charge in [0.05, 0.1) is 5.41 Å². The van der Waals surface area contributed by atoms with Crippen LogP contribution in [0.2, 0.25) is 0 Å². The Morgan fingerprint density at radius 2 is 2.09 bits per heavy atom. The molecule has 1 amide bonds. The van der Waals surface area contributed by atoms with Gasteiger partial charge in [-0.2, -0.15) is 0 Å². The van der Waals surface area contributed by atoms with Crippen LogP contribution in [-0.4, -0.2) is 30.4 Å². The summed E-state index contributed by atoms with van der Waals surface area (Å²) in [4.78, 5) is 15.0. The van der Waals surface area contributed by atoms with E-state index in [0.717, 1.165) is 44.3 Å². The molecular weight excluding hydrogens is 303 g/mol. The number of nitrogens with zero attached hydrogens (tertiary/aromatic N) is 1. The minimum atomic E-state index is -0.498. The quantitative estimate of drug-likeness (QED) is 0.928. The fraction of sp³-hybridized carbons (Fsp3) is 0.588. The van der Waals surface area contributed by atoms with E-state index in [4.69, 9.17) is 5.73 Å². The molecule has 2 N–H and O–H groups in total. The molecular formula is C17H24ClFN2O. The van der Waals surface area contributed by atoms with Crippen molar-refractivity contribution in [1.29, 1.82) is 0 Å². The summed E-state index contributed by atoms with van der Waals surface area (Å²) in [7, 11) is 0. The van der Waals surface area contributed by atoms with Crippen molar-refractivity contribution < 1.29 is 9.18 Å². The number of likely N-dealkylation sites (tertiary alicyclic amines) is 1. The van der Waals surface area contributed by atoms with Crippen LogP contribution < -0.4 is 5.73 Å². The zero-order valence-electron chi connectivity index (χ0n) is 13.0. The monoisotopic (exact) mass is 326 g/mol. The molecule has 1 atom stereocenters. The third kappa shape index (κ3) is 2.74. The molecule has 0 radical (unpaired) electrons. The van der Waals surface area contributed by atoms with Crippen LogP contribution in [-0.2, 0) is 10.2 Å². The standard InChI is InChI=1S/C17H23FN2O.ClH/c1-16(11-19)8-9-20(12-16)15(21)17(6-3-7-17)13-4-2-5-14(18)10-13;/h2,4-5,10H,3,6-9,11-12,19H2,1H3;1H. The predicted octanol–water partition coefficient (Wildman–Crippen LogP) is 2.87. The van der Waals surface area contributed by atoms with Crippen LogP contribution in [0, 0.1) is 11.2 Å². The summed E-state index contributed by atoms with van der Waals surface area (Å²) in [6.45, 7) is 4.22. The summed E-state index contributed by atoms with van der Waals surface area (Å²) in [6.07, 6.45) is 3.63. The number of carbonyl (C=O) groups is 1. The predicted molar refractivity (Wildman–Crippen MR) is 87.5 cm³/mol. The van der Waals surface area contributed by atoms with Gasteiger partial charge in [0.1, 0.15) is 5.82 Å². The third-order valence-corrected chi connectivity index (χ3v) is 5.33. The number of rotatable bonds is 3. The highest BCUT2D eigenvalue weighted by atomic mass is 35.5. The lowest BCUT2D eigenvalue weighted by atomic mass is 9.63. The van der Waals surface area contributed by atoms with Crippen molar-refractivity contribution in [3.63, 3.8) is 0 Å². The largest absolute Gasteiger partial charge is 0.341 e. The molecule has 1 aliphatic heterocycles. The first kappa shape index (κ1) is 17.2. The van der Waals surface area contributed by atoms with Crippen LogP contribution in [0.5, 0.6) is 0 Å². The number of benzene rings is 1. The summed E-state index contributed by atoms with van der Waals surface area (Å²) in [6, 6.07) is 6.54. The molecule has 5 heteroatoms. The van der Waals surface area contributed by atoms with Crippen molar-refractivity contribution >= 4 is 18.3 Å². The zero-order chi connectivity index (χ0) is 15.1. The maximum Gasteiger partial charge on any atom is 0.233 e. The molecule has 1 saturated heterocycles. The summed E-state index contributed by atoms with van der Waals surface area (Å²) in [5.41, 5.74) is 6.20. The molecule has 1 heterocycles. The Morgan fingerprint density at radius 1 is 1.36 bits per heavy atom. The van der Waals surface area contributed by atoms with Gasteiger partial charge in [-0.05, 0) is 48.9 Å². The van der Waals surface area contributed by atoms with Crippen molar-refractivity contribution in [3.05, 3.63) is 35.6 Å². The minimum absolute atomic E-state index is 0. The van der Waals surface area contributed by atoms with Gasteiger partial charge in [-0.1, -0.05) is 25.5 Å². The van der Waals surface area contributed by atoms with Gasteiger partial charge in [-0.25, -0.2) is 4.39 Å². The first-order valence-electron chi connectivity index (χ1n) is 7.75. The molecule has 122 valence electrons. The summed E-state index contributed by atoms with van der Waals surface area (Å²) >= 11 is 0. The van der Waals surface area contributed by atoms with Crippen LogP contribution in [0.25, 0.3) is 0 Å². The Balaban J connectivity index is 0.00000176. The number of amides is 1. The molecule has 22 heavy (non-hydrogen) atoms. The second kappa shape index (κ2) is 6.17. The molecule has 1 aliphatic carbocycles. The zero-order valence-corrected chi connectivity index (χ0v) is 13.8. The highest BCUT2D eigenvalue weighted by Gasteiger charge is 2.49. The molecule has 0 aromatic heterocycles. The lowest BCUT2D eigenvalue weighted by Gasteiger charge is -2.43. The van der Waals surface area contributed by atoms with Crippen LogP contribution in [0.4, 0.5) is 4.39 Å². The van der Waals surface area contributed by atoms with Gasteiger partial charge >= 0.3 is 0 Å². The van der Waals surface area contributed by atoms with Gasteiger partial charge in [0.2, 0.25) is 5.91 Å². The average molecular weight is 327 g/mol. The Hall–Kier alpha value is -1.13. The van der Waals surface area contributed by atoms with E-state index in [9.17, 15) is 9.18 Å². The second-order valence-corrected chi connectivity index (χ2v) is 6.94. The van der Waals surface area contributed by atoms with E-state index in [1.165, 1.54) is 12.1 Å². The highest BCUT2D eigenvalue weighted by Crippen LogP contribution is 2.46. The fourth-order valence-electron chi connectivity index (χ4n) is 3.61. The van der Waals surface area contributed by atoms with E-state index in [2.05, 4.69) is 6.92 Å². The number of hydrogen-bond acceptors (Lipinski definition) is 2. The molecule has 0 spiro atoms. The third-order valence-electron chi connectivity index (χ3n) is 5.33.